The summed E-state index contributed by atoms with van der Waals surface area (Å²) in [4.78, 5) is 11.9. The average molecular weight is 273 g/mol. The van der Waals surface area contributed by atoms with Gasteiger partial charge in [0.25, 0.3) is 0 Å². The highest BCUT2D eigenvalue weighted by molar-refractivity contribution is 5.76. The van der Waals surface area contributed by atoms with E-state index in [4.69, 9.17) is 4.42 Å². The highest BCUT2D eigenvalue weighted by Crippen LogP contribution is 2.18. The Bertz CT molecular complexity index is 589. The van der Waals surface area contributed by atoms with E-state index in [2.05, 4.69) is 5.32 Å². The lowest BCUT2D eigenvalue weighted by atomic mass is 10.1. The molecule has 1 amide bonds. The largest absolute Gasteiger partial charge is 0.508 e. The lowest BCUT2D eigenvalue weighted by Gasteiger charge is -2.11. The van der Waals surface area contributed by atoms with Crippen LogP contribution in [0.3, 0.4) is 0 Å². The van der Waals surface area contributed by atoms with Crippen LogP contribution in [-0.2, 0) is 11.2 Å². The summed E-state index contributed by atoms with van der Waals surface area (Å²) in [6, 6.07) is 10.6. The summed E-state index contributed by atoms with van der Waals surface area (Å²) in [5.74, 6) is 1.75. The number of carbonyl (C=O) groups excluding carboxylic acids is 1. The highest BCUT2D eigenvalue weighted by atomic mass is 16.3. The van der Waals surface area contributed by atoms with E-state index in [-0.39, 0.29) is 17.7 Å². The maximum atomic E-state index is 11.9. The number of rotatable bonds is 5. The molecule has 2 aromatic rings. The van der Waals surface area contributed by atoms with Crippen LogP contribution in [0.5, 0.6) is 5.75 Å². The van der Waals surface area contributed by atoms with Crippen molar-refractivity contribution in [2.45, 2.75) is 32.7 Å². The Balaban J connectivity index is 1.85. The Morgan fingerprint density at radius 2 is 2.05 bits per heavy atom. The number of phenols is 1. The summed E-state index contributed by atoms with van der Waals surface area (Å²) in [5, 5.41) is 12.5. The Hall–Kier alpha value is -2.23. The quantitative estimate of drug-likeness (QED) is 0.880. The maximum Gasteiger partial charge on any atom is 0.220 e. The molecule has 0 fully saturated rings. The second kappa shape index (κ2) is 6.28. The Labute approximate surface area is 118 Å². The van der Waals surface area contributed by atoms with Crippen molar-refractivity contribution in [2.75, 3.05) is 0 Å². The van der Waals surface area contributed by atoms with Gasteiger partial charge in [-0.3, -0.25) is 4.79 Å². The maximum absolute atomic E-state index is 11.9. The fourth-order valence-corrected chi connectivity index (χ4v) is 2.04. The lowest BCUT2D eigenvalue weighted by molar-refractivity contribution is -0.121. The van der Waals surface area contributed by atoms with E-state index in [0.29, 0.717) is 12.8 Å². The lowest BCUT2D eigenvalue weighted by Crippen LogP contribution is -2.26. The fraction of sp³-hybridized carbons (Fsp3) is 0.312. The van der Waals surface area contributed by atoms with Crippen molar-refractivity contribution in [3.8, 4) is 5.75 Å². The summed E-state index contributed by atoms with van der Waals surface area (Å²) >= 11 is 0. The van der Waals surface area contributed by atoms with E-state index >= 15 is 0 Å². The monoisotopic (exact) mass is 273 g/mol. The standard InChI is InChI=1S/C16H19NO3/c1-11-7-9-15(20-11)12(2)17-16(19)10-8-13-5-3-4-6-14(13)18/h3-7,9,12,18H,8,10H2,1-2H3,(H,17,19). The second-order valence-corrected chi connectivity index (χ2v) is 4.87. The third-order valence-electron chi connectivity index (χ3n) is 3.18. The number of para-hydroxylation sites is 1. The van der Waals surface area contributed by atoms with Crippen molar-refractivity contribution >= 4 is 5.91 Å². The van der Waals surface area contributed by atoms with Crippen LogP contribution in [0.2, 0.25) is 0 Å². The van der Waals surface area contributed by atoms with Gasteiger partial charge in [0.15, 0.2) is 0 Å². The first-order chi connectivity index (χ1) is 9.56. The Kier molecular flexibility index (Phi) is 4.45. The molecule has 1 heterocycles. The van der Waals surface area contributed by atoms with Gasteiger partial charge in [0, 0.05) is 6.42 Å². The van der Waals surface area contributed by atoms with Crippen molar-refractivity contribution in [1.82, 2.24) is 5.32 Å². The number of aryl methyl sites for hydroxylation is 2. The molecule has 4 nitrogen and oxygen atoms in total. The molecular weight excluding hydrogens is 254 g/mol. The zero-order chi connectivity index (χ0) is 14.5. The van der Waals surface area contributed by atoms with Gasteiger partial charge in [0.1, 0.15) is 17.3 Å². The van der Waals surface area contributed by atoms with Crippen molar-refractivity contribution in [1.29, 1.82) is 0 Å². The van der Waals surface area contributed by atoms with Gasteiger partial charge in [-0.25, -0.2) is 0 Å². The van der Waals surface area contributed by atoms with Crippen molar-refractivity contribution in [3.63, 3.8) is 0 Å². The number of nitrogens with one attached hydrogen (secondary N) is 1. The van der Waals surface area contributed by atoms with Crippen LogP contribution in [0.25, 0.3) is 0 Å². The summed E-state index contributed by atoms with van der Waals surface area (Å²) in [7, 11) is 0. The third-order valence-corrected chi connectivity index (χ3v) is 3.18. The molecule has 1 atom stereocenters. The molecule has 2 rings (SSSR count). The molecule has 0 spiro atoms. The molecule has 1 unspecified atom stereocenters. The number of furan rings is 1. The molecule has 1 aromatic heterocycles. The van der Waals surface area contributed by atoms with Gasteiger partial charge in [0.2, 0.25) is 5.91 Å². The predicted octanol–water partition coefficient (Wildman–Crippen LogP) is 3.10. The van der Waals surface area contributed by atoms with E-state index in [9.17, 15) is 9.90 Å². The van der Waals surface area contributed by atoms with E-state index in [1.165, 1.54) is 0 Å². The summed E-state index contributed by atoms with van der Waals surface area (Å²) in [6.45, 7) is 3.76. The van der Waals surface area contributed by atoms with Crippen molar-refractivity contribution in [3.05, 3.63) is 53.5 Å². The molecule has 0 bridgehead atoms. The van der Waals surface area contributed by atoms with Gasteiger partial charge >= 0.3 is 0 Å². The zero-order valence-corrected chi connectivity index (χ0v) is 11.7. The first-order valence-electron chi connectivity index (χ1n) is 6.69. The topological polar surface area (TPSA) is 62.5 Å². The molecule has 20 heavy (non-hydrogen) atoms. The van der Waals surface area contributed by atoms with Crippen LogP contribution in [0, 0.1) is 6.92 Å². The van der Waals surface area contributed by atoms with Gasteiger partial charge in [0.05, 0.1) is 6.04 Å². The summed E-state index contributed by atoms with van der Waals surface area (Å²) in [6.07, 6.45) is 0.851. The molecule has 0 aliphatic carbocycles. The predicted molar refractivity (Wildman–Crippen MR) is 76.4 cm³/mol. The number of hydrogen-bond donors (Lipinski definition) is 2. The van der Waals surface area contributed by atoms with E-state index in [1.807, 2.05) is 38.1 Å². The average Bonchev–Trinajstić information content (AvgIpc) is 2.84. The number of hydrogen-bond acceptors (Lipinski definition) is 3. The number of aromatic hydroxyl groups is 1. The first kappa shape index (κ1) is 14.2. The van der Waals surface area contributed by atoms with Crippen LogP contribution in [0.15, 0.2) is 40.8 Å². The van der Waals surface area contributed by atoms with Crippen LogP contribution in [0.1, 0.15) is 36.5 Å². The second-order valence-electron chi connectivity index (χ2n) is 4.87. The smallest absolute Gasteiger partial charge is 0.220 e. The number of benzene rings is 1. The normalized spacial score (nSPS) is 12.1. The Morgan fingerprint density at radius 3 is 2.70 bits per heavy atom. The van der Waals surface area contributed by atoms with E-state index in [1.54, 1.807) is 12.1 Å². The van der Waals surface area contributed by atoms with Gasteiger partial charge in [-0.1, -0.05) is 18.2 Å². The van der Waals surface area contributed by atoms with Crippen LogP contribution in [0.4, 0.5) is 0 Å². The third kappa shape index (κ3) is 3.63. The summed E-state index contributed by atoms with van der Waals surface area (Å²) < 4.78 is 5.47. The molecule has 0 radical (unpaired) electrons. The molecule has 0 saturated heterocycles. The SMILES string of the molecule is Cc1ccc(C(C)NC(=O)CCc2ccccc2O)o1. The minimum Gasteiger partial charge on any atom is -0.508 e. The summed E-state index contributed by atoms with van der Waals surface area (Å²) in [5.41, 5.74) is 0.782. The molecule has 4 heteroatoms. The minimum absolute atomic E-state index is 0.0604. The first-order valence-corrected chi connectivity index (χ1v) is 6.69. The van der Waals surface area contributed by atoms with Crippen LogP contribution < -0.4 is 5.32 Å². The van der Waals surface area contributed by atoms with Gasteiger partial charge < -0.3 is 14.8 Å². The van der Waals surface area contributed by atoms with Crippen molar-refractivity contribution in [2.24, 2.45) is 0 Å². The number of phenolic OH excluding ortho intramolecular Hbond substituents is 1. The number of carbonyl (C=O) groups is 1. The van der Waals surface area contributed by atoms with Gasteiger partial charge in [-0.05, 0) is 44.0 Å². The molecule has 1 aromatic carbocycles. The minimum atomic E-state index is -0.152. The molecule has 0 saturated carbocycles. The zero-order valence-electron chi connectivity index (χ0n) is 11.7. The Morgan fingerprint density at radius 1 is 1.30 bits per heavy atom. The van der Waals surface area contributed by atoms with Gasteiger partial charge in [-0.15, -0.1) is 0 Å². The molecule has 0 aliphatic rings. The van der Waals surface area contributed by atoms with Crippen molar-refractivity contribution < 1.29 is 14.3 Å². The van der Waals surface area contributed by atoms with Gasteiger partial charge in [-0.2, -0.15) is 0 Å². The molecule has 0 aliphatic heterocycles. The van der Waals surface area contributed by atoms with Crippen LogP contribution >= 0.6 is 0 Å². The van der Waals surface area contributed by atoms with E-state index < -0.39 is 0 Å². The highest BCUT2D eigenvalue weighted by Gasteiger charge is 2.13. The number of amides is 1. The molecular formula is C16H19NO3. The van der Waals surface area contributed by atoms with Crippen LogP contribution in [-0.4, -0.2) is 11.0 Å². The molecule has 106 valence electrons. The van der Waals surface area contributed by atoms with E-state index in [0.717, 1.165) is 17.1 Å². The molecule has 2 N–H and O–H groups in total. The fourth-order valence-electron chi connectivity index (χ4n) is 2.04.